The molecule has 2 rings (SSSR count). The highest BCUT2D eigenvalue weighted by molar-refractivity contribution is 5.69. The SMILES string of the molecule is Cc1cccc(-c2cc(C#N)ccc2C)c1. The predicted molar refractivity (Wildman–Crippen MR) is 66.1 cm³/mol. The fourth-order valence-electron chi connectivity index (χ4n) is 1.82. The molecule has 1 nitrogen and oxygen atoms in total. The van der Waals surface area contributed by atoms with Gasteiger partial charge in [-0.05, 0) is 42.7 Å². The van der Waals surface area contributed by atoms with E-state index >= 15 is 0 Å². The quantitative estimate of drug-likeness (QED) is 0.697. The first-order valence-electron chi connectivity index (χ1n) is 5.28. The van der Waals surface area contributed by atoms with Crippen LogP contribution in [0.5, 0.6) is 0 Å². The zero-order valence-corrected chi connectivity index (χ0v) is 9.49. The molecule has 0 radical (unpaired) electrons. The molecule has 0 saturated carbocycles. The highest BCUT2D eigenvalue weighted by atomic mass is 14.2. The number of nitrogens with zero attached hydrogens (tertiary/aromatic N) is 1. The molecule has 0 spiro atoms. The molecule has 78 valence electrons. The first-order valence-corrected chi connectivity index (χ1v) is 5.28. The Morgan fingerprint density at radius 1 is 1.00 bits per heavy atom. The van der Waals surface area contributed by atoms with Crippen LogP contribution in [0.3, 0.4) is 0 Å². The average Bonchev–Trinajstić information content (AvgIpc) is 2.30. The molecule has 0 saturated heterocycles. The van der Waals surface area contributed by atoms with Gasteiger partial charge in [0.2, 0.25) is 0 Å². The summed E-state index contributed by atoms with van der Waals surface area (Å²) in [4.78, 5) is 0. The first-order chi connectivity index (χ1) is 7.70. The summed E-state index contributed by atoms with van der Waals surface area (Å²) in [5, 5.41) is 8.90. The highest BCUT2D eigenvalue weighted by Gasteiger charge is 2.03. The molecule has 0 heterocycles. The van der Waals surface area contributed by atoms with Crippen molar-refractivity contribution in [2.75, 3.05) is 0 Å². The normalized spacial score (nSPS) is 9.81. The molecule has 0 unspecified atom stereocenters. The Morgan fingerprint density at radius 3 is 2.50 bits per heavy atom. The van der Waals surface area contributed by atoms with E-state index in [0.717, 1.165) is 5.56 Å². The maximum absolute atomic E-state index is 8.90. The van der Waals surface area contributed by atoms with Crippen LogP contribution in [0.2, 0.25) is 0 Å². The largest absolute Gasteiger partial charge is 0.192 e. The van der Waals surface area contributed by atoms with Crippen LogP contribution in [0.1, 0.15) is 16.7 Å². The van der Waals surface area contributed by atoms with Gasteiger partial charge in [0.05, 0.1) is 11.6 Å². The Kier molecular flexibility index (Phi) is 2.74. The van der Waals surface area contributed by atoms with Crippen LogP contribution in [-0.4, -0.2) is 0 Å². The lowest BCUT2D eigenvalue weighted by atomic mass is 9.97. The van der Waals surface area contributed by atoms with Crippen molar-refractivity contribution in [3.63, 3.8) is 0 Å². The lowest BCUT2D eigenvalue weighted by molar-refractivity contribution is 1.40. The molecule has 0 aliphatic rings. The molecule has 1 heteroatoms. The third kappa shape index (κ3) is 1.97. The molecule has 0 N–H and O–H groups in total. The standard InChI is InChI=1S/C15H13N/c1-11-4-3-5-14(8-11)15-9-13(10-16)7-6-12(15)2/h3-9H,1-2H3. The van der Waals surface area contributed by atoms with Crippen molar-refractivity contribution < 1.29 is 0 Å². The van der Waals surface area contributed by atoms with Gasteiger partial charge in [-0.2, -0.15) is 5.26 Å². The summed E-state index contributed by atoms with van der Waals surface area (Å²) in [7, 11) is 0. The Hall–Kier alpha value is -2.07. The number of rotatable bonds is 1. The van der Waals surface area contributed by atoms with Gasteiger partial charge in [0.25, 0.3) is 0 Å². The molecule has 0 atom stereocenters. The smallest absolute Gasteiger partial charge is 0.0991 e. The minimum atomic E-state index is 0.710. The van der Waals surface area contributed by atoms with Gasteiger partial charge in [-0.15, -0.1) is 0 Å². The lowest BCUT2D eigenvalue weighted by Gasteiger charge is -2.07. The van der Waals surface area contributed by atoms with Crippen molar-refractivity contribution in [2.24, 2.45) is 0 Å². The number of hydrogen-bond acceptors (Lipinski definition) is 1. The van der Waals surface area contributed by atoms with E-state index in [0.29, 0.717) is 5.56 Å². The minimum Gasteiger partial charge on any atom is -0.192 e. The lowest BCUT2D eigenvalue weighted by Crippen LogP contribution is -1.86. The summed E-state index contributed by atoms with van der Waals surface area (Å²) in [6.45, 7) is 4.14. The number of hydrogen-bond donors (Lipinski definition) is 0. The van der Waals surface area contributed by atoms with Gasteiger partial charge >= 0.3 is 0 Å². The van der Waals surface area contributed by atoms with Gasteiger partial charge < -0.3 is 0 Å². The highest BCUT2D eigenvalue weighted by Crippen LogP contribution is 2.25. The van der Waals surface area contributed by atoms with Gasteiger partial charge in [-0.3, -0.25) is 0 Å². The van der Waals surface area contributed by atoms with E-state index < -0.39 is 0 Å². The van der Waals surface area contributed by atoms with E-state index in [4.69, 9.17) is 5.26 Å². The van der Waals surface area contributed by atoms with Gasteiger partial charge in [-0.25, -0.2) is 0 Å². The Balaban J connectivity index is 2.60. The number of nitriles is 1. The van der Waals surface area contributed by atoms with E-state index in [2.05, 4.69) is 38.1 Å². The van der Waals surface area contributed by atoms with E-state index in [9.17, 15) is 0 Å². The predicted octanol–water partition coefficient (Wildman–Crippen LogP) is 3.84. The van der Waals surface area contributed by atoms with Crippen molar-refractivity contribution in [2.45, 2.75) is 13.8 Å². The molecule has 2 aromatic carbocycles. The Labute approximate surface area is 96.0 Å². The van der Waals surface area contributed by atoms with Crippen LogP contribution in [0.25, 0.3) is 11.1 Å². The van der Waals surface area contributed by atoms with Gasteiger partial charge in [0.15, 0.2) is 0 Å². The summed E-state index contributed by atoms with van der Waals surface area (Å²) in [5.41, 5.74) is 5.46. The summed E-state index contributed by atoms with van der Waals surface area (Å²) in [5.74, 6) is 0. The van der Waals surface area contributed by atoms with Crippen LogP contribution in [0.4, 0.5) is 0 Å². The van der Waals surface area contributed by atoms with Crippen molar-refractivity contribution in [3.8, 4) is 17.2 Å². The fraction of sp³-hybridized carbons (Fsp3) is 0.133. The molecule has 16 heavy (non-hydrogen) atoms. The van der Waals surface area contributed by atoms with E-state index in [1.165, 1.54) is 16.7 Å². The molecular formula is C15H13N. The maximum atomic E-state index is 8.90. The second-order valence-corrected chi connectivity index (χ2v) is 4.01. The number of benzene rings is 2. The first kappa shape index (κ1) is 10.4. The third-order valence-electron chi connectivity index (χ3n) is 2.70. The monoisotopic (exact) mass is 207 g/mol. The molecule has 0 bridgehead atoms. The Bertz CT molecular complexity index is 562. The van der Waals surface area contributed by atoms with Crippen LogP contribution in [0.15, 0.2) is 42.5 Å². The van der Waals surface area contributed by atoms with Crippen molar-refractivity contribution in [1.82, 2.24) is 0 Å². The molecule has 0 aromatic heterocycles. The molecule has 0 fully saturated rings. The second-order valence-electron chi connectivity index (χ2n) is 4.01. The van der Waals surface area contributed by atoms with Crippen molar-refractivity contribution >= 4 is 0 Å². The molecular weight excluding hydrogens is 194 g/mol. The summed E-state index contributed by atoms with van der Waals surface area (Å²) in [6, 6.07) is 16.3. The third-order valence-corrected chi connectivity index (χ3v) is 2.70. The summed E-state index contributed by atoms with van der Waals surface area (Å²) in [6.07, 6.45) is 0. The molecule has 0 amide bonds. The molecule has 0 aliphatic heterocycles. The Morgan fingerprint density at radius 2 is 1.81 bits per heavy atom. The average molecular weight is 207 g/mol. The van der Waals surface area contributed by atoms with Gasteiger partial charge in [0, 0.05) is 0 Å². The summed E-state index contributed by atoms with van der Waals surface area (Å²) >= 11 is 0. The van der Waals surface area contributed by atoms with Crippen LogP contribution in [0, 0.1) is 25.2 Å². The van der Waals surface area contributed by atoms with Crippen LogP contribution >= 0.6 is 0 Å². The minimum absolute atomic E-state index is 0.710. The molecule has 2 aromatic rings. The summed E-state index contributed by atoms with van der Waals surface area (Å²) < 4.78 is 0. The van der Waals surface area contributed by atoms with Crippen molar-refractivity contribution in [1.29, 1.82) is 5.26 Å². The zero-order valence-electron chi connectivity index (χ0n) is 9.49. The van der Waals surface area contributed by atoms with Gasteiger partial charge in [0.1, 0.15) is 0 Å². The zero-order chi connectivity index (χ0) is 11.5. The van der Waals surface area contributed by atoms with E-state index in [1.807, 2.05) is 24.3 Å². The molecule has 0 aliphatic carbocycles. The van der Waals surface area contributed by atoms with Gasteiger partial charge in [-0.1, -0.05) is 35.9 Å². The maximum Gasteiger partial charge on any atom is 0.0991 e. The van der Waals surface area contributed by atoms with E-state index in [1.54, 1.807) is 0 Å². The number of aryl methyl sites for hydroxylation is 2. The fourth-order valence-corrected chi connectivity index (χ4v) is 1.82. The van der Waals surface area contributed by atoms with E-state index in [-0.39, 0.29) is 0 Å². The second kappa shape index (κ2) is 4.20. The van der Waals surface area contributed by atoms with Crippen LogP contribution in [-0.2, 0) is 0 Å². The van der Waals surface area contributed by atoms with Crippen LogP contribution < -0.4 is 0 Å². The topological polar surface area (TPSA) is 23.8 Å². The van der Waals surface area contributed by atoms with Crippen molar-refractivity contribution in [3.05, 3.63) is 59.2 Å².